The number of hydrogen-bond donors (Lipinski definition) is 1. The quantitative estimate of drug-likeness (QED) is 0.0484. The first-order valence-electron chi connectivity index (χ1n) is 31.7. The zero-order valence-corrected chi connectivity index (χ0v) is 48.7. The third-order valence-electron chi connectivity index (χ3n) is 15.5. The van der Waals surface area contributed by atoms with E-state index in [0.717, 1.165) is 44.6 Å². The maximum atomic E-state index is 12.7. The van der Waals surface area contributed by atoms with Gasteiger partial charge in [-0.15, -0.1) is 0 Å². The van der Waals surface area contributed by atoms with E-state index in [1.165, 1.54) is 256 Å². The van der Waals surface area contributed by atoms with Crippen molar-refractivity contribution < 1.29 is 19.1 Å². The van der Waals surface area contributed by atoms with Crippen molar-refractivity contribution in [2.45, 2.75) is 337 Å². The second-order valence-electron chi connectivity index (χ2n) is 22.4. The van der Waals surface area contributed by atoms with E-state index in [0.29, 0.717) is 43.9 Å². The lowest BCUT2D eigenvalue weighted by Crippen LogP contribution is -2.38. The van der Waals surface area contributed by atoms with E-state index >= 15 is 0 Å². The molecule has 0 aromatic carbocycles. The minimum Gasteiger partial charge on any atom is -0.465 e. The fourth-order valence-corrected chi connectivity index (χ4v) is 10.7. The summed E-state index contributed by atoms with van der Waals surface area (Å²) in [6, 6.07) is 0.566. The number of carbonyl (C=O) groups is 2. The highest BCUT2D eigenvalue weighted by atomic mass is 16.5. The van der Waals surface area contributed by atoms with Crippen LogP contribution < -0.4 is 5.32 Å². The fraction of sp³-hybridized carbons (Fsp3) is 0.938. The van der Waals surface area contributed by atoms with Gasteiger partial charge in [-0.1, -0.05) is 241 Å². The summed E-state index contributed by atoms with van der Waals surface area (Å²) in [6.45, 7) is 22.1. The van der Waals surface area contributed by atoms with Crippen LogP contribution in [-0.4, -0.2) is 56.2 Å². The van der Waals surface area contributed by atoms with E-state index in [-0.39, 0.29) is 11.9 Å². The van der Waals surface area contributed by atoms with Gasteiger partial charge in [-0.3, -0.25) is 9.59 Å². The van der Waals surface area contributed by atoms with Crippen molar-refractivity contribution in [3.8, 4) is 0 Å². The second kappa shape index (κ2) is 53.7. The highest BCUT2D eigenvalue weighted by molar-refractivity contribution is 5.69. The lowest BCUT2D eigenvalue weighted by atomic mass is 9.91. The summed E-state index contributed by atoms with van der Waals surface area (Å²) in [7, 11) is 2.07. The van der Waals surface area contributed by atoms with Crippen LogP contribution in [-0.2, 0) is 19.1 Å². The van der Waals surface area contributed by atoms with Crippen molar-refractivity contribution in [2.75, 3.05) is 33.4 Å². The standard InChI is InChI=1S/C64H126N2O4/c1-9-15-21-28-35-47-59(44-18-12-4)55-66(58(7)43-41-42-54-65-8)62(50-37-30-24-26-32-39-52-63(67)69-56-60(45-19-13-5)48-34-23-17-11-3)51-38-31-25-27-33-40-53-64(68)70-57-61(46-20-14-6)49-36-29-22-16-10-2/h59-62,65H,7,9-57H2,1-6,8H3. The Morgan fingerprint density at radius 2 is 0.700 bits per heavy atom. The summed E-state index contributed by atoms with van der Waals surface area (Å²) in [6.07, 6.45) is 54.9. The molecule has 0 bridgehead atoms. The first kappa shape index (κ1) is 68.4. The molecule has 0 aliphatic rings. The van der Waals surface area contributed by atoms with Crippen LogP contribution in [0.25, 0.3) is 0 Å². The third kappa shape index (κ3) is 44.0. The highest BCUT2D eigenvalue weighted by Crippen LogP contribution is 2.29. The molecule has 70 heavy (non-hydrogen) atoms. The van der Waals surface area contributed by atoms with Gasteiger partial charge in [-0.2, -0.15) is 0 Å². The summed E-state index contributed by atoms with van der Waals surface area (Å²) in [5, 5.41) is 3.36. The highest BCUT2D eigenvalue weighted by Gasteiger charge is 2.23. The summed E-state index contributed by atoms with van der Waals surface area (Å²) < 4.78 is 11.7. The SMILES string of the molecule is C=C(CCCCNC)N(CC(CCCC)CCCCCCC)C(CCCCCCCCC(=O)OCC(CCCC)CCCCCC)CCCCCCCCC(=O)OCC(CCCC)CCCCCCC. The number of allylic oxidation sites excluding steroid dienone is 1. The summed E-state index contributed by atoms with van der Waals surface area (Å²) in [5.41, 5.74) is 1.39. The maximum absolute atomic E-state index is 12.7. The van der Waals surface area contributed by atoms with Crippen molar-refractivity contribution in [3.05, 3.63) is 12.3 Å². The minimum absolute atomic E-state index is 0.0206. The van der Waals surface area contributed by atoms with Crippen molar-refractivity contribution in [1.29, 1.82) is 0 Å². The molecule has 0 aromatic heterocycles. The number of ether oxygens (including phenoxy) is 2. The molecule has 4 unspecified atom stereocenters. The van der Waals surface area contributed by atoms with Crippen LogP contribution in [0.2, 0.25) is 0 Å². The van der Waals surface area contributed by atoms with Crippen LogP contribution in [0.5, 0.6) is 0 Å². The molecule has 0 saturated carbocycles. The fourth-order valence-electron chi connectivity index (χ4n) is 10.7. The molecule has 0 radical (unpaired) electrons. The molecule has 416 valence electrons. The normalized spacial score (nSPS) is 13.3. The van der Waals surface area contributed by atoms with Crippen molar-refractivity contribution in [2.24, 2.45) is 17.8 Å². The topological polar surface area (TPSA) is 67.9 Å². The van der Waals surface area contributed by atoms with Crippen LogP contribution in [0.1, 0.15) is 330 Å². The number of unbranched alkanes of at least 4 members (excludes halogenated alkanes) is 25. The van der Waals surface area contributed by atoms with Gasteiger partial charge in [0.15, 0.2) is 0 Å². The lowest BCUT2D eigenvalue weighted by molar-refractivity contribution is -0.146. The molecule has 0 fully saturated rings. The van der Waals surface area contributed by atoms with E-state index in [4.69, 9.17) is 16.1 Å². The molecule has 0 amide bonds. The van der Waals surface area contributed by atoms with Crippen molar-refractivity contribution >= 4 is 11.9 Å². The molecule has 0 saturated heterocycles. The van der Waals surface area contributed by atoms with E-state index < -0.39 is 0 Å². The molecule has 0 aromatic rings. The van der Waals surface area contributed by atoms with E-state index in [2.05, 4.69) is 58.8 Å². The molecule has 6 heteroatoms. The molecular weight excluding hydrogens is 861 g/mol. The Bertz CT molecular complexity index is 1110. The number of nitrogens with one attached hydrogen (secondary N) is 1. The zero-order chi connectivity index (χ0) is 51.4. The van der Waals surface area contributed by atoms with Gasteiger partial charge in [0.25, 0.3) is 0 Å². The average molecular weight is 988 g/mol. The average Bonchev–Trinajstić information content (AvgIpc) is 3.36. The number of carbonyl (C=O) groups excluding carboxylic acids is 2. The maximum Gasteiger partial charge on any atom is 0.305 e. The summed E-state index contributed by atoms with van der Waals surface area (Å²) in [5.74, 6) is 1.87. The molecule has 4 atom stereocenters. The number of esters is 2. The van der Waals surface area contributed by atoms with Crippen LogP contribution in [0.3, 0.4) is 0 Å². The molecule has 0 heterocycles. The first-order valence-corrected chi connectivity index (χ1v) is 31.7. The molecule has 0 spiro atoms. The predicted molar refractivity (Wildman–Crippen MR) is 308 cm³/mol. The number of nitrogens with zero attached hydrogens (tertiary/aromatic N) is 1. The first-order chi connectivity index (χ1) is 34.3. The van der Waals surface area contributed by atoms with Gasteiger partial charge in [0.05, 0.1) is 13.2 Å². The van der Waals surface area contributed by atoms with Crippen LogP contribution in [0.15, 0.2) is 12.3 Å². The third-order valence-corrected chi connectivity index (χ3v) is 15.5. The van der Waals surface area contributed by atoms with Crippen LogP contribution in [0.4, 0.5) is 0 Å². The predicted octanol–water partition coefficient (Wildman–Crippen LogP) is 20.0. The monoisotopic (exact) mass is 987 g/mol. The Balaban J connectivity index is 5.36. The Labute approximate surface area is 439 Å². The van der Waals surface area contributed by atoms with Gasteiger partial charge in [0.1, 0.15) is 0 Å². The van der Waals surface area contributed by atoms with E-state index in [1.807, 2.05) is 0 Å². The molecule has 1 N–H and O–H groups in total. The molecule has 0 aliphatic carbocycles. The largest absolute Gasteiger partial charge is 0.465 e. The van der Waals surface area contributed by atoms with Gasteiger partial charge in [0, 0.05) is 31.1 Å². The second-order valence-corrected chi connectivity index (χ2v) is 22.4. The Morgan fingerprint density at radius 3 is 1.11 bits per heavy atom. The van der Waals surface area contributed by atoms with Gasteiger partial charge >= 0.3 is 11.9 Å². The number of rotatable bonds is 57. The van der Waals surface area contributed by atoms with Gasteiger partial charge in [-0.05, 0) is 115 Å². The minimum atomic E-state index is 0.0206. The van der Waals surface area contributed by atoms with Crippen LogP contribution >= 0.6 is 0 Å². The Morgan fingerprint density at radius 1 is 0.386 bits per heavy atom. The van der Waals surface area contributed by atoms with Crippen LogP contribution in [0, 0.1) is 17.8 Å². The van der Waals surface area contributed by atoms with Gasteiger partial charge in [-0.25, -0.2) is 0 Å². The van der Waals surface area contributed by atoms with Crippen molar-refractivity contribution in [1.82, 2.24) is 10.2 Å². The van der Waals surface area contributed by atoms with E-state index in [9.17, 15) is 9.59 Å². The van der Waals surface area contributed by atoms with Gasteiger partial charge < -0.3 is 19.7 Å². The lowest BCUT2D eigenvalue weighted by Gasteiger charge is -2.38. The summed E-state index contributed by atoms with van der Waals surface area (Å²) >= 11 is 0. The van der Waals surface area contributed by atoms with Gasteiger partial charge in [0.2, 0.25) is 0 Å². The smallest absolute Gasteiger partial charge is 0.305 e. The summed E-state index contributed by atoms with van der Waals surface area (Å²) in [4.78, 5) is 28.3. The Hall–Kier alpha value is -1.56. The molecule has 0 aliphatic heterocycles. The molecule has 6 nitrogen and oxygen atoms in total. The molecule has 0 rings (SSSR count). The number of hydrogen-bond acceptors (Lipinski definition) is 6. The Kier molecular flexibility index (Phi) is 52.5. The van der Waals surface area contributed by atoms with Crippen molar-refractivity contribution in [3.63, 3.8) is 0 Å². The molecular formula is C64H126N2O4. The zero-order valence-electron chi connectivity index (χ0n) is 48.7. The van der Waals surface area contributed by atoms with E-state index in [1.54, 1.807) is 0 Å².